The van der Waals surface area contributed by atoms with Crippen molar-refractivity contribution in [2.45, 2.75) is 6.92 Å². The zero-order chi connectivity index (χ0) is 15.5. The molecule has 0 saturated heterocycles. The number of sulfonamides is 1. The Balaban J connectivity index is 2.21. The van der Waals surface area contributed by atoms with Crippen LogP contribution in [0.15, 0.2) is 47.9 Å². The minimum absolute atomic E-state index is 0.467. The number of aryl methyl sites for hydroxylation is 1. The molecule has 0 bridgehead atoms. The number of hydrogen-bond donors (Lipinski definition) is 2. The number of para-hydroxylation sites is 1. The van der Waals surface area contributed by atoms with Crippen molar-refractivity contribution in [3.63, 3.8) is 0 Å². The molecule has 110 valence electrons. The van der Waals surface area contributed by atoms with Gasteiger partial charge in [0.1, 0.15) is 11.4 Å². The van der Waals surface area contributed by atoms with Crippen molar-refractivity contribution in [2.75, 3.05) is 4.72 Å². The number of phenolic OH excluding ortho intramolecular Hbond substituents is 1. The van der Waals surface area contributed by atoms with E-state index in [-0.39, 0.29) is 0 Å². The second-order valence-corrected chi connectivity index (χ2v) is 6.06. The van der Waals surface area contributed by atoms with Gasteiger partial charge in [-0.25, -0.2) is 12.8 Å². The van der Waals surface area contributed by atoms with E-state index in [4.69, 9.17) is 0 Å². The van der Waals surface area contributed by atoms with Crippen molar-refractivity contribution in [1.82, 2.24) is 0 Å². The van der Waals surface area contributed by atoms with Crippen molar-refractivity contribution in [3.8, 4) is 5.75 Å². The van der Waals surface area contributed by atoms with Gasteiger partial charge >= 0.3 is 0 Å². The lowest BCUT2D eigenvalue weighted by atomic mass is 10.2. The topological polar surface area (TPSA) is 66.4 Å². The molecule has 2 aromatic rings. The molecule has 0 fully saturated rings. The van der Waals surface area contributed by atoms with Crippen LogP contribution in [0, 0.1) is 12.7 Å². The van der Waals surface area contributed by atoms with E-state index >= 15 is 0 Å². The van der Waals surface area contributed by atoms with E-state index in [1.807, 2.05) is 23.8 Å². The standard InChI is InChI=1S/C15H14FNO3S/c1-11-5-7-12(8-6-11)9-10-21(19,20)17-15-13(16)3-2-4-14(15)18/h2-10,17-18H,1H3/b10-9-. The first-order valence-electron chi connectivity index (χ1n) is 6.12. The molecule has 0 atom stereocenters. The summed E-state index contributed by atoms with van der Waals surface area (Å²) in [4.78, 5) is 0. The number of benzene rings is 2. The molecular formula is C15H14FNO3S. The van der Waals surface area contributed by atoms with E-state index in [1.54, 1.807) is 12.1 Å². The summed E-state index contributed by atoms with van der Waals surface area (Å²) in [6.07, 6.45) is 1.39. The fourth-order valence-corrected chi connectivity index (χ4v) is 2.53. The molecule has 21 heavy (non-hydrogen) atoms. The van der Waals surface area contributed by atoms with E-state index in [0.29, 0.717) is 5.56 Å². The van der Waals surface area contributed by atoms with E-state index in [9.17, 15) is 17.9 Å². The lowest BCUT2D eigenvalue weighted by Gasteiger charge is -2.07. The van der Waals surface area contributed by atoms with Crippen molar-refractivity contribution in [3.05, 3.63) is 64.8 Å². The molecule has 4 nitrogen and oxygen atoms in total. The molecule has 2 N–H and O–H groups in total. The molecule has 0 radical (unpaired) electrons. The monoisotopic (exact) mass is 307 g/mol. The number of hydrogen-bond acceptors (Lipinski definition) is 3. The third-order valence-electron chi connectivity index (χ3n) is 2.75. The van der Waals surface area contributed by atoms with Crippen LogP contribution in [-0.4, -0.2) is 13.5 Å². The molecule has 0 unspecified atom stereocenters. The number of anilines is 1. The van der Waals surface area contributed by atoms with Crippen LogP contribution in [0.3, 0.4) is 0 Å². The van der Waals surface area contributed by atoms with Crippen LogP contribution in [0.2, 0.25) is 0 Å². The highest BCUT2D eigenvalue weighted by Gasteiger charge is 2.13. The summed E-state index contributed by atoms with van der Waals surface area (Å²) >= 11 is 0. The smallest absolute Gasteiger partial charge is 0.255 e. The molecular weight excluding hydrogens is 293 g/mol. The largest absolute Gasteiger partial charge is 0.506 e. The SMILES string of the molecule is Cc1ccc(/C=C\S(=O)(=O)Nc2c(O)cccc2F)cc1. The van der Waals surface area contributed by atoms with Gasteiger partial charge in [0.2, 0.25) is 0 Å². The molecule has 6 heteroatoms. The van der Waals surface area contributed by atoms with Crippen LogP contribution in [0.25, 0.3) is 6.08 Å². The maximum absolute atomic E-state index is 13.5. The van der Waals surface area contributed by atoms with Gasteiger partial charge in [-0.1, -0.05) is 35.9 Å². The highest BCUT2D eigenvalue weighted by molar-refractivity contribution is 7.95. The van der Waals surface area contributed by atoms with Gasteiger partial charge in [0.25, 0.3) is 10.0 Å². The fourth-order valence-electron chi connectivity index (χ4n) is 1.64. The van der Waals surface area contributed by atoms with Gasteiger partial charge < -0.3 is 5.11 Å². The molecule has 2 rings (SSSR count). The van der Waals surface area contributed by atoms with Crippen LogP contribution in [0.1, 0.15) is 11.1 Å². The van der Waals surface area contributed by atoms with E-state index in [1.165, 1.54) is 18.2 Å². The van der Waals surface area contributed by atoms with E-state index < -0.39 is 27.3 Å². The zero-order valence-corrected chi connectivity index (χ0v) is 12.1. The second-order valence-electron chi connectivity index (χ2n) is 4.49. The quantitative estimate of drug-likeness (QED) is 0.852. The maximum atomic E-state index is 13.5. The third-order valence-corrected chi connectivity index (χ3v) is 3.74. The number of rotatable bonds is 4. The number of phenols is 1. The first-order chi connectivity index (χ1) is 9.87. The van der Waals surface area contributed by atoms with Gasteiger partial charge in [0.15, 0.2) is 5.82 Å². The molecule has 0 spiro atoms. The zero-order valence-electron chi connectivity index (χ0n) is 11.2. The van der Waals surface area contributed by atoms with Crippen LogP contribution in [0.5, 0.6) is 5.75 Å². The van der Waals surface area contributed by atoms with Gasteiger partial charge in [-0.3, -0.25) is 4.72 Å². The van der Waals surface area contributed by atoms with Crippen molar-refractivity contribution < 1.29 is 17.9 Å². The Morgan fingerprint density at radius 3 is 2.43 bits per heavy atom. The summed E-state index contributed by atoms with van der Waals surface area (Å²) in [5, 5.41) is 10.4. The van der Waals surface area contributed by atoms with Crippen LogP contribution < -0.4 is 4.72 Å². The highest BCUT2D eigenvalue weighted by Crippen LogP contribution is 2.27. The van der Waals surface area contributed by atoms with Gasteiger partial charge in [-0.05, 0) is 30.7 Å². The maximum Gasteiger partial charge on any atom is 0.255 e. The number of nitrogens with one attached hydrogen (secondary N) is 1. The first-order valence-corrected chi connectivity index (χ1v) is 7.67. The summed E-state index contributed by atoms with van der Waals surface area (Å²) in [6, 6.07) is 10.8. The Bertz CT molecular complexity index is 748. The van der Waals surface area contributed by atoms with Gasteiger partial charge in [-0.2, -0.15) is 0 Å². The van der Waals surface area contributed by atoms with Crippen molar-refractivity contribution >= 4 is 21.8 Å². The summed E-state index contributed by atoms with van der Waals surface area (Å²) in [6.45, 7) is 1.92. The first kappa shape index (κ1) is 15.1. The minimum Gasteiger partial charge on any atom is -0.506 e. The van der Waals surface area contributed by atoms with Crippen molar-refractivity contribution in [1.29, 1.82) is 0 Å². The van der Waals surface area contributed by atoms with Gasteiger partial charge in [0.05, 0.1) is 5.41 Å². The summed E-state index contributed by atoms with van der Waals surface area (Å²) in [5.74, 6) is -1.32. The predicted molar refractivity (Wildman–Crippen MR) is 80.8 cm³/mol. The Hall–Kier alpha value is -2.34. The fraction of sp³-hybridized carbons (Fsp3) is 0.0667. The Morgan fingerprint density at radius 2 is 1.81 bits per heavy atom. The molecule has 0 aliphatic rings. The average molecular weight is 307 g/mol. The molecule has 0 aromatic heterocycles. The summed E-state index contributed by atoms with van der Waals surface area (Å²) in [7, 11) is -3.92. The van der Waals surface area contributed by atoms with Crippen LogP contribution >= 0.6 is 0 Å². The second kappa shape index (κ2) is 5.97. The third kappa shape index (κ3) is 4.06. The van der Waals surface area contributed by atoms with Gasteiger partial charge in [0, 0.05) is 0 Å². The molecule has 0 aliphatic carbocycles. The summed E-state index contributed by atoms with van der Waals surface area (Å²) in [5.41, 5.74) is 1.29. The average Bonchev–Trinajstić information content (AvgIpc) is 2.43. The number of aromatic hydroxyl groups is 1. The molecule has 0 amide bonds. The Kier molecular flexibility index (Phi) is 4.28. The number of halogens is 1. The molecule has 0 aliphatic heterocycles. The lowest BCUT2D eigenvalue weighted by molar-refractivity contribution is 0.472. The Labute approximate surface area is 122 Å². The minimum atomic E-state index is -3.92. The molecule has 0 saturated carbocycles. The van der Waals surface area contributed by atoms with Crippen LogP contribution in [-0.2, 0) is 10.0 Å². The van der Waals surface area contributed by atoms with E-state index in [2.05, 4.69) is 0 Å². The summed E-state index contributed by atoms with van der Waals surface area (Å²) < 4.78 is 39.2. The molecule has 0 heterocycles. The predicted octanol–water partition coefficient (Wildman–Crippen LogP) is 3.25. The van der Waals surface area contributed by atoms with Crippen LogP contribution in [0.4, 0.5) is 10.1 Å². The van der Waals surface area contributed by atoms with Crippen molar-refractivity contribution in [2.24, 2.45) is 0 Å². The van der Waals surface area contributed by atoms with E-state index in [0.717, 1.165) is 17.0 Å². The molecule has 2 aromatic carbocycles. The normalized spacial score (nSPS) is 11.7. The Morgan fingerprint density at radius 1 is 1.14 bits per heavy atom. The highest BCUT2D eigenvalue weighted by atomic mass is 32.2. The van der Waals surface area contributed by atoms with Gasteiger partial charge in [-0.15, -0.1) is 0 Å². The lowest BCUT2D eigenvalue weighted by Crippen LogP contribution is -2.10.